The summed E-state index contributed by atoms with van der Waals surface area (Å²) in [4.78, 5) is 17.0. The van der Waals surface area contributed by atoms with Gasteiger partial charge in [-0.05, 0) is 26.3 Å². The van der Waals surface area contributed by atoms with Crippen molar-refractivity contribution in [1.82, 2.24) is 19.9 Å². The van der Waals surface area contributed by atoms with Crippen molar-refractivity contribution in [3.8, 4) is 0 Å². The molecule has 32 heavy (non-hydrogen) atoms. The third-order valence-electron chi connectivity index (χ3n) is 6.34. The molecule has 2 heterocycles. The van der Waals surface area contributed by atoms with Gasteiger partial charge in [0.2, 0.25) is 0 Å². The minimum absolute atomic E-state index is 0.0709. The summed E-state index contributed by atoms with van der Waals surface area (Å²) in [5, 5.41) is 7.33. The molecule has 2 aromatic heterocycles. The largest absolute Gasteiger partial charge is 0.352 e. The van der Waals surface area contributed by atoms with Crippen LogP contribution in [0.15, 0.2) is 12.3 Å². The summed E-state index contributed by atoms with van der Waals surface area (Å²) < 4.78 is 1.73. The van der Waals surface area contributed by atoms with Crippen LogP contribution in [-0.4, -0.2) is 27.0 Å². The molecule has 0 atom stereocenters. The number of rotatable bonds is 18. The molecule has 2 aromatic rings. The third kappa shape index (κ3) is 9.70. The first-order valence-electron chi connectivity index (χ1n) is 13.2. The molecule has 0 fully saturated rings. The van der Waals surface area contributed by atoms with E-state index >= 15 is 0 Å². The van der Waals surface area contributed by atoms with Gasteiger partial charge in [-0.2, -0.15) is 5.10 Å². The molecule has 1 N–H and O–H groups in total. The zero-order valence-corrected chi connectivity index (χ0v) is 20.9. The average molecular weight is 443 g/mol. The van der Waals surface area contributed by atoms with Gasteiger partial charge in [-0.15, -0.1) is 0 Å². The number of aryl methyl sites for hydroxylation is 2. The van der Waals surface area contributed by atoms with Crippen LogP contribution in [-0.2, 0) is 0 Å². The first kappa shape index (κ1) is 26.3. The van der Waals surface area contributed by atoms with Crippen LogP contribution < -0.4 is 5.32 Å². The molecule has 0 saturated carbocycles. The fourth-order valence-corrected chi connectivity index (χ4v) is 4.40. The summed E-state index contributed by atoms with van der Waals surface area (Å²) in [6.07, 6.45) is 23.4. The molecular formula is C27H46N4O. The van der Waals surface area contributed by atoms with Crippen LogP contribution in [0.25, 0.3) is 5.65 Å². The zero-order chi connectivity index (χ0) is 23.0. The Morgan fingerprint density at radius 2 is 1.31 bits per heavy atom. The molecule has 0 aliphatic rings. The maximum atomic E-state index is 12.5. The molecule has 0 aliphatic heterocycles. The van der Waals surface area contributed by atoms with Crippen molar-refractivity contribution in [2.24, 2.45) is 0 Å². The van der Waals surface area contributed by atoms with Crippen molar-refractivity contribution >= 4 is 11.6 Å². The van der Waals surface area contributed by atoms with Crippen molar-refractivity contribution < 1.29 is 4.79 Å². The predicted octanol–water partition coefficient (Wildman–Crippen LogP) is 7.34. The lowest BCUT2D eigenvalue weighted by Gasteiger charge is -2.06. The summed E-state index contributed by atoms with van der Waals surface area (Å²) in [5.41, 5.74) is 3.10. The fraction of sp³-hybridized carbons (Fsp3) is 0.741. The Morgan fingerprint density at radius 3 is 1.84 bits per heavy atom. The molecule has 5 nitrogen and oxygen atoms in total. The van der Waals surface area contributed by atoms with Gasteiger partial charge in [0.25, 0.3) is 5.91 Å². The number of nitrogens with zero attached hydrogens (tertiary/aromatic N) is 3. The maximum absolute atomic E-state index is 12.5. The van der Waals surface area contributed by atoms with Gasteiger partial charge in [0.05, 0.1) is 6.20 Å². The minimum atomic E-state index is -0.0709. The number of aromatic nitrogens is 3. The van der Waals surface area contributed by atoms with E-state index in [-0.39, 0.29) is 5.91 Å². The second-order valence-electron chi connectivity index (χ2n) is 9.39. The highest BCUT2D eigenvalue weighted by atomic mass is 16.1. The number of carbonyl (C=O) groups is 1. The number of nitrogens with one attached hydrogen (secondary N) is 1. The molecule has 0 bridgehead atoms. The van der Waals surface area contributed by atoms with E-state index in [0.717, 1.165) is 24.4 Å². The van der Waals surface area contributed by atoms with Crippen LogP contribution in [0.2, 0.25) is 0 Å². The van der Waals surface area contributed by atoms with Gasteiger partial charge in [0.1, 0.15) is 5.56 Å². The van der Waals surface area contributed by atoms with Gasteiger partial charge in [0, 0.05) is 17.9 Å². The van der Waals surface area contributed by atoms with Crippen LogP contribution in [0.5, 0.6) is 0 Å². The highest BCUT2D eigenvalue weighted by Gasteiger charge is 2.14. The molecule has 1 amide bonds. The standard InChI is InChI=1S/C27H46N4O/c1-4-5-6-7-8-9-10-11-12-13-14-15-16-17-18-19-20-28-27(32)25-22-29-31-24(3)21-23(2)30-26(25)31/h21-22H,4-20H2,1-3H3,(H,28,32). The molecular weight excluding hydrogens is 396 g/mol. The normalized spacial score (nSPS) is 11.3. The lowest BCUT2D eigenvalue weighted by Crippen LogP contribution is -2.24. The van der Waals surface area contributed by atoms with Crippen molar-refractivity contribution in [2.75, 3.05) is 6.54 Å². The maximum Gasteiger partial charge on any atom is 0.256 e. The molecule has 0 aliphatic carbocycles. The number of amides is 1. The summed E-state index contributed by atoms with van der Waals surface area (Å²) in [5.74, 6) is -0.0709. The van der Waals surface area contributed by atoms with Crippen LogP contribution in [0.1, 0.15) is 131 Å². The lowest BCUT2D eigenvalue weighted by atomic mass is 10.0. The van der Waals surface area contributed by atoms with E-state index in [2.05, 4.69) is 22.3 Å². The van der Waals surface area contributed by atoms with E-state index in [9.17, 15) is 4.79 Å². The molecule has 0 unspecified atom stereocenters. The Balaban J connectivity index is 1.42. The summed E-state index contributed by atoms with van der Waals surface area (Å²) >= 11 is 0. The van der Waals surface area contributed by atoms with Crippen molar-refractivity contribution in [3.05, 3.63) is 29.2 Å². The topological polar surface area (TPSA) is 59.3 Å². The predicted molar refractivity (Wildman–Crippen MR) is 134 cm³/mol. The van der Waals surface area contributed by atoms with Crippen LogP contribution >= 0.6 is 0 Å². The summed E-state index contributed by atoms with van der Waals surface area (Å²) in [7, 11) is 0. The van der Waals surface area contributed by atoms with E-state index in [1.165, 1.54) is 96.3 Å². The molecule has 0 saturated heterocycles. The van der Waals surface area contributed by atoms with Gasteiger partial charge in [-0.3, -0.25) is 4.79 Å². The highest BCUT2D eigenvalue weighted by molar-refractivity contribution is 5.99. The Morgan fingerprint density at radius 1 is 0.812 bits per heavy atom. The van der Waals surface area contributed by atoms with Gasteiger partial charge in [-0.25, -0.2) is 9.50 Å². The van der Waals surface area contributed by atoms with E-state index in [1.54, 1.807) is 10.7 Å². The SMILES string of the molecule is CCCCCCCCCCCCCCCCCCNC(=O)c1cnn2c(C)cc(C)nc12. The smallest absolute Gasteiger partial charge is 0.256 e. The van der Waals surface area contributed by atoms with Crippen LogP contribution in [0.3, 0.4) is 0 Å². The van der Waals surface area contributed by atoms with E-state index in [1.807, 2.05) is 19.9 Å². The number of hydrogen-bond donors (Lipinski definition) is 1. The second-order valence-corrected chi connectivity index (χ2v) is 9.39. The lowest BCUT2D eigenvalue weighted by molar-refractivity contribution is 0.0954. The van der Waals surface area contributed by atoms with Gasteiger partial charge in [-0.1, -0.05) is 103 Å². The molecule has 5 heteroatoms. The molecule has 180 valence electrons. The molecule has 0 aromatic carbocycles. The van der Waals surface area contributed by atoms with E-state index < -0.39 is 0 Å². The summed E-state index contributed by atoms with van der Waals surface area (Å²) in [6.45, 7) is 6.93. The number of unbranched alkanes of at least 4 members (excludes halogenated alkanes) is 15. The number of carbonyl (C=O) groups excluding carboxylic acids is 1. The Kier molecular flexibility index (Phi) is 13.0. The first-order valence-corrected chi connectivity index (χ1v) is 13.2. The van der Waals surface area contributed by atoms with Crippen LogP contribution in [0.4, 0.5) is 0 Å². The highest BCUT2D eigenvalue weighted by Crippen LogP contribution is 2.14. The van der Waals surface area contributed by atoms with Crippen LogP contribution in [0, 0.1) is 13.8 Å². The fourth-order valence-electron chi connectivity index (χ4n) is 4.40. The zero-order valence-electron chi connectivity index (χ0n) is 20.9. The van der Waals surface area contributed by atoms with Gasteiger partial charge >= 0.3 is 0 Å². The quantitative estimate of drug-likeness (QED) is 0.246. The molecule has 0 spiro atoms. The average Bonchev–Trinajstić information content (AvgIpc) is 3.20. The Bertz CT molecular complexity index is 783. The Hall–Kier alpha value is -1.91. The molecule has 0 radical (unpaired) electrons. The van der Waals surface area contributed by atoms with Crippen molar-refractivity contribution in [1.29, 1.82) is 0 Å². The first-order chi connectivity index (χ1) is 15.6. The number of hydrogen-bond acceptors (Lipinski definition) is 3. The van der Waals surface area contributed by atoms with E-state index in [4.69, 9.17) is 0 Å². The Labute approximate surface area is 195 Å². The van der Waals surface area contributed by atoms with Gasteiger partial charge < -0.3 is 5.32 Å². The third-order valence-corrected chi connectivity index (χ3v) is 6.34. The second kappa shape index (κ2) is 15.8. The monoisotopic (exact) mass is 442 g/mol. The number of fused-ring (bicyclic) bond motifs is 1. The van der Waals surface area contributed by atoms with E-state index in [0.29, 0.717) is 11.2 Å². The van der Waals surface area contributed by atoms with Gasteiger partial charge in [0.15, 0.2) is 5.65 Å². The van der Waals surface area contributed by atoms with Crippen molar-refractivity contribution in [2.45, 2.75) is 124 Å². The summed E-state index contributed by atoms with van der Waals surface area (Å²) in [6, 6.07) is 1.97. The van der Waals surface area contributed by atoms with Crippen molar-refractivity contribution in [3.63, 3.8) is 0 Å². The minimum Gasteiger partial charge on any atom is -0.352 e. The molecule has 2 rings (SSSR count).